The summed E-state index contributed by atoms with van der Waals surface area (Å²) in [5.74, 6) is 2.36. The van der Waals surface area contributed by atoms with Gasteiger partial charge in [0.05, 0.1) is 32.7 Å². The van der Waals surface area contributed by atoms with Gasteiger partial charge in [-0.15, -0.1) is 0 Å². The van der Waals surface area contributed by atoms with Crippen LogP contribution >= 0.6 is 0 Å². The van der Waals surface area contributed by atoms with Crippen LogP contribution in [-0.4, -0.2) is 30.2 Å². The fraction of sp³-hybridized carbons (Fsp3) is 0.438. The van der Waals surface area contributed by atoms with Crippen molar-refractivity contribution in [3.8, 4) is 22.8 Å². The highest BCUT2D eigenvalue weighted by molar-refractivity contribution is 5.63. The first-order valence-corrected chi connectivity index (χ1v) is 7.17. The van der Waals surface area contributed by atoms with Crippen LogP contribution in [0.5, 0.6) is 11.5 Å². The zero-order chi connectivity index (χ0) is 15.2. The Balaban J connectivity index is 2.14. The summed E-state index contributed by atoms with van der Waals surface area (Å²) in [5, 5.41) is 3.42. The Kier molecular flexibility index (Phi) is 5.22. The predicted octanol–water partition coefficient (Wildman–Crippen LogP) is 2.98. The largest absolute Gasteiger partial charge is 0.493 e. The van der Waals surface area contributed by atoms with Crippen molar-refractivity contribution in [1.82, 2.24) is 15.3 Å². The second kappa shape index (κ2) is 7.13. The van der Waals surface area contributed by atoms with Gasteiger partial charge in [-0.1, -0.05) is 6.92 Å². The van der Waals surface area contributed by atoms with E-state index in [4.69, 9.17) is 9.47 Å². The molecule has 0 aliphatic heterocycles. The van der Waals surface area contributed by atoms with Crippen molar-refractivity contribution in [2.45, 2.75) is 32.9 Å². The van der Waals surface area contributed by atoms with Crippen molar-refractivity contribution in [2.24, 2.45) is 0 Å². The predicted molar refractivity (Wildman–Crippen MR) is 83.7 cm³/mol. The number of ether oxygens (including phenoxy) is 2. The maximum absolute atomic E-state index is 5.33. The Labute approximate surface area is 125 Å². The number of nitrogens with zero attached hydrogens (tertiary/aromatic N) is 1. The summed E-state index contributed by atoms with van der Waals surface area (Å²) < 4.78 is 10.6. The van der Waals surface area contributed by atoms with Crippen LogP contribution in [0.2, 0.25) is 0 Å². The van der Waals surface area contributed by atoms with Crippen molar-refractivity contribution in [1.29, 1.82) is 0 Å². The van der Waals surface area contributed by atoms with Crippen LogP contribution in [0.25, 0.3) is 11.3 Å². The molecule has 0 bridgehead atoms. The molecule has 114 valence electrons. The second-order valence-electron chi connectivity index (χ2n) is 5.00. The number of H-pyrrole nitrogens is 1. The average Bonchev–Trinajstić information content (AvgIpc) is 3.00. The smallest absolute Gasteiger partial charge is 0.161 e. The molecular formula is C16H23N3O2. The van der Waals surface area contributed by atoms with Crippen LogP contribution in [0, 0.1) is 0 Å². The van der Waals surface area contributed by atoms with E-state index in [9.17, 15) is 0 Å². The Bertz CT molecular complexity index is 581. The van der Waals surface area contributed by atoms with Gasteiger partial charge in [0.2, 0.25) is 0 Å². The third-order valence-corrected chi connectivity index (χ3v) is 3.55. The van der Waals surface area contributed by atoms with Crippen LogP contribution < -0.4 is 14.8 Å². The van der Waals surface area contributed by atoms with Gasteiger partial charge in [-0.2, -0.15) is 0 Å². The third-order valence-electron chi connectivity index (χ3n) is 3.55. The summed E-state index contributed by atoms with van der Waals surface area (Å²) in [5.41, 5.74) is 1.99. The van der Waals surface area contributed by atoms with Crippen molar-refractivity contribution in [3.63, 3.8) is 0 Å². The lowest BCUT2D eigenvalue weighted by atomic mass is 10.1. The van der Waals surface area contributed by atoms with E-state index in [2.05, 4.69) is 29.1 Å². The molecule has 0 aliphatic carbocycles. The molecule has 21 heavy (non-hydrogen) atoms. The maximum atomic E-state index is 5.33. The summed E-state index contributed by atoms with van der Waals surface area (Å²) in [6.07, 6.45) is 2.94. The number of hydrogen-bond donors (Lipinski definition) is 2. The molecule has 1 heterocycles. The van der Waals surface area contributed by atoms with E-state index in [1.54, 1.807) is 14.2 Å². The van der Waals surface area contributed by atoms with Gasteiger partial charge in [0.25, 0.3) is 0 Å². The van der Waals surface area contributed by atoms with Gasteiger partial charge in [-0.05, 0) is 31.5 Å². The minimum Gasteiger partial charge on any atom is -0.493 e. The van der Waals surface area contributed by atoms with Crippen molar-refractivity contribution >= 4 is 0 Å². The highest BCUT2D eigenvalue weighted by atomic mass is 16.5. The second-order valence-corrected chi connectivity index (χ2v) is 5.00. The molecule has 1 aromatic heterocycles. The van der Waals surface area contributed by atoms with Crippen molar-refractivity contribution in [3.05, 3.63) is 30.2 Å². The maximum Gasteiger partial charge on any atom is 0.161 e. The third kappa shape index (κ3) is 3.76. The molecule has 0 saturated carbocycles. The lowest BCUT2D eigenvalue weighted by molar-refractivity contribution is 0.355. The fourth-order valence-electron chi connectivity index (χ4n) is 2.02. The summed E-state index contributed by atoms with van der Waals surface area (Å²) in [7, 11) is 3.27. The molecule has 1 unspecified atom stereocenters. The van der Waals surface area contributed by atoms with Gasteiger partial charge < -0.3 is 19.8 Å². The molecule has 1 atom stereocenters. The van der Waals surface area contributed by atoms with E-state index in [0.717, 1.165) is 35.8 Å². The van der Waals surface area contributed by atoms with Crippen LogP contribution in [0.15, 0.2) is 24.4 Å². The molecule has 0 aliphatic rings. The van der Waals surface area contributed by atoms with E-state index in [1.165, 1.54) is 0 Å². The van der Waals surface area contributed by atoms with Gasteiger partial charge in [0.1, 0.15) is 5.82 Å². The van der Waals surface area contributed by atoms with Gasteiger partial charge in [0, 0.05) is 11.6 Å². The molecule has 2 N–H and O–H groups in total. The first kappa shape index (κ1) is 15.4. The normalized spacial score (nSPS) is 12.2. The molecule has 1 aromatic carbocycles. The average molecular weight is 289 g/mol. The zero-order valence-electron chi connectivity index (χ0n) is 13.1. The van der Waals surface area contributed by atoms with E-state index in [-0.39, 0.29) is 0 Å². The van der Waals surface area contributed by atoms with Crippen LogP contribution in [0.3, 0.4) is 0 Å². The van der Waals surface area contributed by atoms with Gasteiger partial charge in [-0.3, -0.25) is 0 Å². The number of nitrogens with one attached hydrogen (secondary N) is 2. The Morgan fingerprint density at radius 2 is 2.00 bits per heavy atom. The molecule has 2 aromatic rings. The van der Waals surface area contributed by atoms with Gasteiger partial charge in [-0.25, -0.2) is 4.98 Å². The fourth-order valence-corrected chi connectivity index (χ4v) is 2.02. The minimum absolute atomic E-state index is 0.486. The number of aromatic nitrogens is 2. The summed E-state index contributed by atoms with van der Waals surface area (Å²) >= 11 is 0. The zero-order valence-corrected chi connectivity index (χ0v) is 13.1. The molecule has 2 rings (SSSR count). The molecule has 5 heteroatoms. The lowest BCUT2D eigenvalue weighted by Crippen LogP contribution is -2.24. The summed E-state index contributed by atoms with van der Waals surface area (Å²) in [6, 6.07) is 6.31. The van der Waals surface area contributed by atoms with Crippen LogP contribution in [0.4, 0.5) is 0 Å². The topological polar surface area (TPSA) is 59.2 Å². The first-order chi connectivity index (χ1) is 10.2. The summed E-state index contributed by atoms with van der Waals surface area (Å²) in [4.78, 5) is 7.73. The molecule has 0 amide bonds. The van der Waals surface area contributed by atoms with E-state index < -0.39 is 0 Å². The molecule has 0 fully saturated rings. The number of aromatic amines is 1. The number of rotatable bonds is 7. The number of benzene rings is 1. The monoisotopic (exact) mass is 289 g/mol. The number of methoxy groups -OCH3 is 2. The number of imidazole rings is 1. The summed E-state index contributed by atoms with van der Waals surface area (Å²) in [6.45, 7) is 5.06. The lowest BCUT2D eigenvalue weighted by Gasteiger charge is -2.09. The highest BCUT2D eigenvalue weighted by Crippen LogP contribution is 2.31. The molecule has 5 nitrogen and oxygen atoms in total. The van der Waals surface area contributed by atoms with Crippen molar-refractivity contribution < 1.29 is 9.47 Å². The van der Waals surface area contributed by atoms with Crippen LogP contribution in [-0.2, 0) is 6.54 Å². The molecular weight excluding hydrogens is 266 g/mol. The minimum atomic E-state index is 0.486. The quantitative estimate of drug-likeness (QED) is 0.822. The molecule has 0 radical (unpaired) electrons. The van der Waals surface area contributed by atoms with E-state index in [1.807, 2.05) is 24.4 Å². The van der Waals surface area contributed by atoms with Gasteiger partial charge >= 0.3 is 0 Å². The molecule has 0 saturated heterocycles. The Morgan fingerprint density at radius 3 is 2.67 bits per heavy atom. The number of hydrogen-bond acceptors (Lipinski definition) is 4. The van der Waals surface area contributed by atoms with Crippen molar-refractivity contribution in [2.75, 3.05) is 14.2 Å². The highest BCUT2D eigenvalue weighted by Gasteiger charge is 2.09. The molecule has 0 spiro atoms. The van der Waals surface area contributed by atoms with Gasteiger partial charge in [0.15, 0.2) is 11.5 Å². The Morgan fingerprint density at radius 1 is 1.24 bits per heavy atom. The standard InChI is InChI=1S/C16H23N3O2/c1-5-11(2)17-10-16-18-9-13(19-16)12-6-7-14(20-3)15(8-12)21-4/h6-9,11,17H,5,10H2,1-4H3,(H,18,19). The SMILES string of the molecule is CCC(C)NCc1ncc(-c2ccc(OC)c(OC)c2)[nH]1. The van der Waals surface area contributed by atoms with E-state index >= 15 is 0 Å². The first-order valence-electron chi connectivity index (χ1n) is 7.17. The van der Waals surface area contributed by atoms with Crippen LogP contribution in [0.1, 0.15) is 26.1 Å². The van der Waals surface area contributed by atoms with E-state index in [0.29, 0.717) is 11.8 Å². The Hall–Kier alpha value is -2.01.